The lowest BCUT2D eigenvalue weighted by atomic mass is 10.1. The summed E-state index contributed by atoms with van der Waals surface area (Å²) in [5.74, 6) is 0.447. The molecule has 8 heteroatoms. The van der Waals surface area contributed by atoms with Crippen molar-refractivity contribution in [1.82, 2.24) is 0 Å². The minimum absolute atomic E-state index is 0.339. The lowest BCUT2D eigenvalue weighted by Gasteiger charge is -2.14. The van der Waals surface area contributed by atoms with Gasteiger partial charge >= 0.3 is 5.97 Å². The Bertz CT molecular complexity index is 927. The van der Waals surface area contributed by atoms with Crippen LogP contribution in [0.15, 0.2) is 12.1 Å². The number of ether oxygens (including phenoxy) is 4. The molecule has 0 atom stereocenters. The Kier molecular flexibility index (Phi) is 7.79. The van der Waals surface area contributed by atoms with Gasteiger partial charge < -0.3 is 24.3 Å². The number of carbonyl (C=O) groups is 2. The first-order valence-corrected chi connectivity index (χ1v) is 11.3. The van der Waals surface area contributed by atoms with Gasteiger partial charge in [0.15, 0.2) is 11.5 Å². The van der Waals surface area contributed by atoms with Crippen molar-refractivity contribution in [2.75, 3.05) is 33.3 Å². The number of benzene rings is 1. The first-order chi connectivity index (χ1) is 15.0. The molecule has 1 N–H and O–H groups in total. The minimum atomic E-state index is -0.374. The summed E-state index contributed by atoms with van der Waals surface area (Å²) in [7, 11) is 4.50. The summed E-state index contributed by atoms with van der Waals surface area (Å²) in [4.78, 5) is 27.1. The molecule has 0 unspecified atom stereocenters. The van der Waals surface area contributed by atoms with Crippen LogP contribution >= 0.6 is 11.3 Å². The van der Waals surface area contributed by atoms with E-state index >= 15 is 0 Å². The van der Waals surface area contributed by atoms with Gasteiger partial charge in [-0.25, -0.2) is 4.79 Å². The minimum Gasteiger partial charge on any atom is -0.493 e. The Balaban J connectivity index is 1.96. The zero-order valence-corrected chi connectivity index (χ0v) is 19.3. The highest BCUT2D eigenvalue weighted by molar-refractivity contribution is 7.17. The van der Waals surface area contributed by atoms with Crippen LogP contribution < -0.4 is 19.5 Å². The number of nitrogens with one attached hydrogen (secondary N) is 1. The van der Waals surface area contributed by atoms with Crippen molar-refractivity contribution in [3.05, 3.63) is 33.7 Å². The summed E-state index contributed by atoms with van der Waals surface area (Å²) in [6, 6.07) is 3.18. The largest absolute Gasteiger partial charge is 0.493 e. The summed E-state index contributed by atoms with van der Waals surface area (Å²) in [5.41, 5.74) is 1.85. The molecule has 0 aliphatic heterocycles. The van der Waals surface area contributed by atoms with Crippen molar-refractivity contribution in [3.63, 3.8) is 0 Å². The highest BCUT2D eigenvalue weighted by atomic mass is 32.1. The second-order valence-corrected chi connectivity index (χ2v) is 8.38. The second-order valence-electron chi connectivity index (χ2n) is 7.27. The van der Waals surface area contributed by atoms with E-state index in [4.69, 9.17) is 18.9 Å². The van der Waals surface area contributed by atoms with Crippen LogP contribution in [0, 0.1) is 0 Å². The molecule has 1 aliphatic carbocycles. The number of hydrogen-bond acceptors (Lipinski definition) is 7. The predicted molar refractivity (Wildman–Crippen MR) is 120 cm³/mol. The van der Waals surface area contributed by atoms with E-state index in [2.05, 4.69) is 5.32 Å². The molecule has 2 aromatic rings. The van der Waals surface area contributed by atoms with Gasteiger partial charge in [0.2, 0.25) is 5.75 Å². The smallest absolute Gasteiger partial charge is 0.341 e. The van der Waals surface area contributed by atoms with Crippen LogP contribution in [0.5, 0.6) is 17.2 Å². The van der Waals surface area contributed by atoms with Crippen LogP contribution in [-0.4, -0.2) is 39.8 Å². The lowest BCUT2D eigenvalue weighted by Crippen LogP contribution is -2.16. The Hall–Kier alpha value is -2.74. The summed E-state index contributed by atoms with van der Waals surface area (Å²) >= 11 is 1.47. The normalized spacial score (nSPS) is 13.0. The highest BCUT2D eigenvalue weighted by Crippen LogP contribution is 2.40. The zero-order chi connectivity index (χ0) is 22.4. The highest BCUT2D eigenvalue weighted by Gasteiger charge is 2.27. The van der Waals surface area contributed by atoms with Crippen LogP contribution in [0.1, 0.15) is 63.8 Å². The average molecular weight is 448 g/mol. The van der Waals surface area contributed by atoms with Gasteiger partial charge in [-0.15, -0.1) is 11.3 Å². The number of amides is 1. The van der Waals surface area contributed by atoms with E-state index in [1.807, 2.05) is 6.92 Å². The van der Waals surface area contributed by atoms with Crippen molar-refractivity contribution in [1.29, 1.82) is 0 Å². The van der Waals surface area contributed by atoms with Crippen molar-refractivity contribution in [3.8, 4) is 17.2 Å². The molecular weight excluding hydrogens is 418 g/mol. The molecule has 0 spiro atoms. The maximum atomic E-state index is 13.1. The SMILES string of the molecule is CCCOC(=O)c1c(NC(=O)c2cc(OC)c(OC)c(OC)c2)sc2c1CCCCC2. The standard InChI is InChI=1S/C23H29NO6S/c1-5-11-30-23(26)19-15-9-7-6-8-10-18(15)31-22(19)24-21(25)14-12-16(27-2)20(29-4)17(13-14)28-3/h12-13H,5-11H2,1-4H3,(H,24,25). The van der Waals surface area contributed by atoms with E-state index in [9.17, 15) is 9.59 Å². The summed E-state index contributed by atoms with van der Waals surface area (Å²) in [6.07, 6.45) is 5.72. The Morgan fingerprint density at radius 1 is 1.00 bits per heavy atom. The molecule has 1 aromatic carbocycles. The van der Waals surface area contributed by atoms with Gasteiger partial charge in [0.1, 0.15) is 5.00 Å². The molecule has 0 radical (unpaired) electrons. The molecule has 0 saturated heterocycles. The number of methoxy groups -OCH3 is 3. The molecule has 1 aliphatic rings. The fourth-order valence-corrected chi connectivity index (χ4v) is 4.97. The molecule has 1 heterocycles. The predicted octanol–water partition coefficient (Wildman–Crippen LogP) is 4.86. The number of esters is 1. The molecule has 0 saturated carbocycles. The molecular formula is C23H29NO6S. The van der Waals surface area contributed by atoms with E-state index in [1.165, 1.54) is 32.7 Å². The third kappa shape index (κ3) is 4.95. The molecule has 1 amide bonds. The van der Waals surface area contributed by atoms with Crippen molar-refractivity contribution >= 4 is 28.2 Å². The average Bonchev–Trinajstić information content (AvgIpc) is 2.96. The van der Waals surface area contributed by atoms with Crippen LogP contribution in [-0.2, 0) is 17.6 Å². The van der Waals surface area contributed by atoms with Gasteiger partial charge in [0.25, 0.3) is 5.91 Å². The number of carbonyl (C=O) groups excluding carboxylic acids is 2. The third-order valence-electron chi connectivity index (χ3n) is 5.22. The van der Waals surface area contributed by atoms with Crippen LogP contribution in [0.3, 0.4) is 0 Å². The topological polar surface area (TPSA) is 83.1 Å². The summed E-state index contributed by atoms with van der Waals surface area (Å²) < 4.78 is 21.5. The van der Waals surface area contributed by atoms with Crippen molar-refractivity contribution < 1.29 is 28.5 Å². The number of anilines is 1. The first-order valence-electron chi connectivity index (χ1n) is 10.5. The Labute approximate surface area is 186 Å². The second kappa shape index (κ2) is 10.5. The number of aryl methyl sites for hydroxylation is 1. The summed E-state index contributed by atoms with van der Waals surface area (Å²) in [6.45, 7) is 2.30. The van der Waals surface area contributed by atoms with Crippen LogP contribution in [0.2, 0.25) is 0 Å². The van der Waals surface area contributed by atoms with Crippen molar-refractivity contribution in [2.24, 2.45) is 0 Å². The monoisotopic (exact) mass is 447 g/mol. The Morgan fingerprint density at radius 3 is 2.29 bits per heavy atom. The van der Waals surface area contributed by atoms with E-state index in [-0.39, 0.29) is 11.9 Å². The van der Waals surface area contributed by atoms with Crippen molar-refractivity contribution in [2.45, 2.75) is 45.4 Å². The third-order valence-corrected chi connectivity index (χ3v) is 6.42. The fraction of sp³-hybridized carbons (Fsp3) is 0.478. The number of hydrogen-bond donors (Lipinski definition) is 1. The molecule has 1 aromatic heterocycles. The molecule has 7 nitrogen and oxygen atoms in total. The van der Waals surface area contributed by atoms with Gasteiger partial charge in [-0.2, -0.15) is 0 Å². The molecule has 0 fully saturated rings. The molecule has 0 bridgehead atoms. The quantitative estimate of drug-likeness (QED) is 0.460. The van der Waals surface area contributed by atoms with Crippen LogP contribution in [0.25, 0.3) is 0 Å². The maximum Gasteiger partial charge on any atom is 0.341 e. The van der Waals surface area contributed by atoms with Crippen LogP contribution in [0.4, 0.5) is 5.00 Å². The van der Waals surface area contributed by atoms with E-state index in [0.29, 0.717) is 40.0 Å². The van der Waals surface area contributed by atoms with E-state index < -0.39 is 0 Å². The van der Waals surface area contributed by atoms with E-state index in [1.54, 1.807) is 12.1 Å². The van der Waals surface area contributed by atoms with Gasteiger partial charge in [0.05, 0.1) is 33.5 Å². The summed E-state index contributed by atoms with van der Waals surface area (Å²) in [5, 5.41) is 3.46. The molecule has 31 heavy (non-hydrogen) atoms. The van der Waals surface area contributed by atoms with Gasteiger partial charge in [-0.05, 0) is 49.8 Å². The van der Waals surface area contributed by atoms with Gasteiger partial charge in [-0.3, -0.25) is 4.79 Å². The van der Waals surface area contributed by atoms with Gasteiger partial charge in [0, 0.05) is 10.4 Å². The lowest BCUT2D eigenvalue weighted by molar-refractivity contribution is 0.0505. The van der Waals surface area contributed by atoms with Gasteiger partial charge in [-0.1, -0.05) is 13.3 Å². The number of thiophene rings is 1. The number of fused-ring (bicyclic) bond motifs is 1. The first kappa shape index (κ1) is 22.9. The maximum absolute atomic E-state index is 13.1. The molecule has 3 rings (SSSR count). The zero-order valence-electron chi connectivity index (χ0n) is 18.5. The Morgan fingerprint density at radius 2 is 1.68 bits per heavy atom. The van der Waals surface area contributed by atoms with E-state index in [0.717, 1.165) is 49.0 Å². The fourth-order valence-electron chi connectivity index (χ4n) is 3.70. The molecule has 168 valence electrons. The number of rotatable bonds is 8.